The van der Waals surface area contributed by atoms with Crippen LogP contribution in [-0.2, 0) is 0 Å². The second-order valence-electron chi connectivity index (χ2n) is 2.92. The Hall–Kier alpha value is -1.81. The summed E-state index contributed by atoms with van der Waals surface area (Å²) in [6.07, 6.45) is 1.44. The fourth-order valence-corrected chi connectivity index (χ4v) is 1.26. The minimum atomic E-state index is -0.381. The van der Waals surface area contributed by atoms with E-state index < -0.39 is 0 Å². The highest BCUT2D eigenvalue weighted by atomic mass is 35.5. The van der Waals surface area contributed by atoms with Gasteiger partial charge in [-0.2, -0.15) is 0 Å². The standard InChI is InChI=1S/C10H8ClN3O/c11-7-1-3-8(4-2-7)13-9-5-6-12-10(15)14-9/h1-6H,(H2,12,13,14,15). The molecule has 0 fully saturated rings. The quantitative estimate of drug-likeness (QED) is 0.817. The zero-order valence-corrected chi connectivity index (χ0v) is 8.45. The van der Waals surface area contributed by atoms with Crippen molar-refractivity contribution in [2.24, 2.45) is 0 Å². The SMILES string of the molecule is O=c1nccc(Nc2ccc(Cl)cc2)[nH]1. The van der Waals surface area contributed by atoms with E-state index in [9.17, 15) is 4.79 Å². The van der Waals surface area contributed by atoms with Crippen molar-refractivity contribution in [3.63, 3.8) is 0 Å². The molecule has 1 aromatic heterocycles. The molecule has 2 N–H and O–H groups in total. The molecule has 0 aliphatic rings. The van der Waals surface area contributed by atoms with E-state index in [1.165, 1.54) is 6.20 Å². The van der Waals surface area contributed by atoms with Gasteiger partial charge < -0.3 is 5.32 Å². The summed E-state index contributed by atoms with van der Waals surface area (Å²) in [4.78, 5) is 17.0. The molecule has 0 saturated heterocycles. The van der Waals surface area contributed by atoms with Gasteiger partial charge in [0, 0.05) is 16.9 Å². The number of benzene rings is 1. The summed E-state index contributed by atoms with van der Waals surface area (Å²) in [5, 5.41) is 3.69. The molecule has 2 aromatic rings. The minimum Gasteiger partial charge on any atom is -0.342 e. The van der Waals surface area contributed by atoms with Gasteiger partial charge in [-0.1, -0.05) is 11.6 Å². The van der Waals surface area contributed by atoms with Crippen molar-refractivity contribution in [1.29, 1.82) is 0 Å². The van der Waals surface area contributed by atoms with E-state index in [1.54, 1.807) is 18.2 Å². The number of hydrogen-bond acceptors (Lipinski definition) is 3. The first kappa shape index (κ1) is 9.73. The Morgan fingerprint density at radius 2 is 1.93 bits per heavy atom. The number of anilines is 2. The van der Waals surface area contributed by atoms with Crippen LogP contribution in [0.4, 0.5) is 11.5 Å². The molecule has 0 amide bonds. The van der Waals surface area contributed by atoms with Crippen LogP contribution in [0.1, 0.15) is 0 Å². The van der Waals surface area contributed by atoms with Crippen molar-refractivity contribution in [3.05, 3.63) is 52.0 Å². The lowest BCUT2D eigenvalue weighted by Crippen LogP contribution is -2.10. The molecular formula is C10H8ClN3O. The minimum absolute atomic E-state index is 0.381. The van der Waals surface area contributed by atoms with Crippen LogP contribution in [0.25, 0.3) is 0 Å². The Bertz CT molecular complexity index is 507. The lowest BCUT2D eigenvalue weighted by atomic mass is 10.3. The average Bonchev–Trinajstić information content (AvgIpc) is 2.22. The third kappa shape index (κ3) is 2.57. The van der Waals surface area contributed by atoms with Gasteiger partial charge in [-0.05, 0) is 30.3 Å². The van der Waals surface area contributed by atoms with E-state index in [4.69, 9.17) is 11.6 Å². The van der Waals surface area contributed by atoms with Crippen LogP contribution in [-0.4, -0.2) is 9.97 Å². The number of nitrogens with one attached hydrogen (secondary N) is 2. The third-order valence-corrected chi connectivity index (χ3v) is 2.05. The highest BCUT2D eigenvalue weighted by Gasteiger charge is 1.95. The van der Waals surface area contributed by atoms with Gasteiger partial charge in [0.15, 0.2) is 0 Å². The molecular weight excluding hydrogens is 214 g/mol. The van der Waals surface area contributed by atoms with Crippen LogP contribution in [0.3, 0.4) is 0 Å². The van der Waals surface area contributed by atoms with Crippen molar-refractivity contribution >= 4 is 23.1 Å². The van der Waals surface area contributed by atoms with Gasteiger partial charge in [0.05, 0.1) is 0 Å². The molecule has 1 aromatic carbocycles. The van der Waals surface area contributed by atoms with E-state index in [-0.39, 0.29) is 5.69 Å². The third-order valence-electron chi connectivity index (χ3n) is 1.80. The normalized spacial score (nSPS) is 9.93. The molecule has 76 valence electrons. The highest BCUT2D eigenvalue weighted by molar-refractivity contribution is 6.30. The van der Waals surface area contributed by atoms with Crippen LogP contribution < -0.4 is 11.0 Å². The first-order valence-corrected chi connectivity index (χ1v) is 4.70. The van der Waals surface area contributed by atoms with Gasteiger partial charge in [0.1, 0.15) is 5.82 Å². The number of H-pyrrole nitrogens is 1. The second kappa shape index (κ2) is 4.14. The molecule has 0 aliphatic carbocycles. The Morgan fingerprint density at radius 1 is 1.20 bits per heavy atom. The fraction of sp³-hybridized carbons (Fsp3) is 0. The largest absolute Gasteiger partial charge is 0.346 e. The summed E-state index contributed by atoms with van der Waals surface area (Å²) in [6, 6.07) is 8.85. The predicted octanol–water partition coefficient (Wildman–Crippen LogP) is 2.17. The number of aromatic amines is 1. The van der Waals surface area contributed by atoms with E-state index in [0.29, 0.717) is 10.8 Å². The molecule has 1 heterocycles. The van der Waals surface area contributed by atoms with Crippen molar-refractivity contribution in [2.75, 3.05) is 5.32 Å². The van der Waals surface area contributed by atoms with Gasteiger partial charge >= 0.3 is 5.69 Å². The number of nitrogens with zero attached hydrogens (tertiary/aromatic N) is 1. The Labute approximate surface area is 90.9 Å². The summed E-state index contributed by atoms with van der Waals surface area (Å²) >= 11 is 5.74. The van der Waals surface area contributed by atoms with Gasteiger partial charge in [-0.15, -0.1) is 0 Å². The summed E-state index contributed by atoms with van der Waals surface area (Å²) in [7, 11) is 0. The number of rotatable bonds is 2. The van der Waals surface area contributed by atoms with Crippen LogP contribution in [0, 0.1) is 0 Å². The maximum atomic E-state index is 10.9. The van der Waals surface area contributed by atoms with Crippen LogP contribution in [0.15, 0.2) is 41.3 Å². The van der Waals surface area contributed by atoms with E-state index in [1.807, 2.05) is 12.1 Å². The predicted molar refractivity (Wildman–Crippen MR) is 59.6 cm³/mol. The van der Waals surface area contributed by atoms with Gasteiger partial charge in [-0.25, -0.2) is 9.78 Å². The Kier molecular flexibility index (Phi) is 2.69. The van der Waals surface area contributed by atoms with Gasteiger partial charge in [0.2, 0.25) is 0 Å². The van der Waals surface area contributed by atoms with Gasteiger partial charge in [-0.3, -0.25) is 4.98 Å². The summed E-state index contributed by atoms with van der Waals surface area (Å²) < 4.78 is 0. The molecule has 15 heavy (non-hydrogen) atoms. The highest BCUT2D eigenvalue weighted by Crippen LogP contribution is 2.16. The lowest BCUT2D eigenvalue weighted by Gasteiger charge is -2.04. The average molecular weight is 222 g/mol. The molecule has 0 saturated carbocycles. The number of halogens is 1. The molecule has 0 spiro atoms. The van der Waals surface area contributed by atoms with E-state index in [2.05, 4.69) is 15.3 Å². The van der Waals surface area contributed by atoms with Crippen molar-refractivity contribution in [3.8, 4) is 0 Å². The van der Waals surface area contributed by atoms with Crippen LogP contribution in [0.2, 0.25) is 5.02 Å². The fourth-order valence-electron chi connectivity index (χ4n) is 1.13. The Morgan fingerprint density at radius 3 is 2.60 bits per heavy atom. The first-order chi connectivity index (χ1) is 7.24. The van der Waals surface area contributed by atoms with Crippen LogP contribution in [0.5, 0.6) is 0 Å². The molecule has 4 nitrogen and oxygen atoms in total. The Balaban J connectivity index is 2.22. The van der Waals surface area contributed by atoms with E-state index >= 15 is 0 Å². The maximum Gasteiger partial charge on any atom is 0.346 e. The summed E-state index contributed by atoms with van der Waals surface area (Å²) in [5.41, 5.74) is 0.468. The van der Waals surface area contributed by atoms with Crippen LogP contribution >= 0.6 is 11.6 Å². The van der Waals surface area contributed by atoms with Crippen molar-refractivity contribution in [2.45, 2.75) is 0 Å². The molecule has 5 heteroatoms. The first-order valence-electron chi connectivity index (χ1n) is 4.32. The van der Waals surface area contributed by atoms with Gasteiger partial charge in [0.25, 0.3) is 0 Å². The molecule has 2 rings (SSSR count). The zero-order valence-electron chi connectivity index (χ0n) is 7.70. The van der Waals surface area contributed by atoms with Crippen molar-refractivity contribution in [1.82, 2.24) is 9.97 Å². The molecule has 0 aliphatic heterocycles. The molecule has 0 atom stereocenters. The molecule has 0 radical (unpaired) electrons. The van der Waals surface area contributed by atoms with E-state index in [0.717, 1.165) is 5.69 Å². The number of aromatic nitrogens is 2. The summed E-state index contributed by atoms with van der Waals surface area (Å²) in [6.45, 7) is 0. The molecule has 0 bridgehead atoms. The summed E-state index contributed by atoms with van der Waals surface area (Å²) in [5.74, 6) is 0.595. The number of hydrogen-bond donors (Lipinski definition) is 2. The topological polar surface area (TPSA) is 57.8 Å². The van der Waals surface area contributed by atoms with Crippen molar-refractivity contribution < 1.29 is 0 Å². The smallest absolute Gasteiger partial charge is 0.342 e. The second-order valence-corrected chi connectivity index (χ2v) is 3.36. The lowest BCUT2D eigenvalue weighted by molar-refractivity contribution is 1.08. The maximum absolute atomic E-state index is 10.9. The molecule has 0 unspecified atom stereocenters. The monoisotopic (exact) mass is 221 g/mol. The zero-order chi connectivity index (χ0) is 10.7.